The van der Waals surface area contributed by atoms with Gasteiger partial charge in [-0.1, -0.05) is 29.8 Å². The molecule has 0 saturated carbocycles. The van der Waals surface area contributed by atoms with E-state index in [1.54, 1.807) is 32.2 Å². The number of amides is 1. The lowest BCUT2D eigenvalue weighted by Crippen LogP contribution is -2.38. The summed E-state index contributed by atoms with van der Waals surface area (Å²) in [5.41, 5.74) is 1.81. The molecule has 0 aliphatic heterocycles. The van der Waals surface area contributed by atoms with Crippen molar-refractivity contribution in [2.75, 3.05) is 7.11 Å². The van der Waals surface area contributed by atoms with Crippen LogP contribution in [-0.4, -0.2) is 19.1 Å². The highest BCUT2D eigenvalue weighted by atomic mass is 35.5. The molecule has 2 unspecified atom stereocenters. The Kier molecular flexibility index (Phi) is 6.10. The van der Waals surface area contributed by atoms with Crippen LogP contribution in [0.25, 0.3) is 0 Å². The lowest BCUT2D eigenvalue weighted by atomic mass is 10.1. The second kappa shape index (κ2) is 8.06. The maximum Gasteiger partial charge on any atom is 0.261 e. The van der Waals surface area contributed by atoms with Crippen molar-refractivity contribution in [3.05, 3.63) is 58.6 Å². The van der Waals surface area contributed by atoms with Gasteiger partial charge < -0.3 is 14.8 Å². The molecule has 5 heteroatoms. The van der Waals surface area contributed by atoms with E-state index >= 15 is 0 Å². The number of para-hydroxylation sites is 1. The predicted octanol–water partition coefficient (Wildman–Crippen LogP) is 4.30. The van der Waals surface area contributed by atoms with Gasteiger partial charge in [0.15, 0.2) is 6.10 Å². The van der Waals surface area contributed by atoms with Crippen LogP contribution in [0.15, 0.2) is 42.5 Å². The van der Waals surface area contributed by atoms with Crippen LogP contribution in [0.5, 0.6) is 11.5 Å². The summed E-state index contributed by atoms with van der Waals surface area (Å²) < 4.78 is 11.1. The highest BCUT2D eigenvalue weighted by Gasteiger charge is 2.20. The van der Waals surface area contributed by atoms with Gasteiger partial charge in [0.05, 0.1) is 13.2 Å². The number of rotatable bonds is 6. The van der Waals surface area contributed by atoms with E-state index < -0.39 is 6.10 Å². The van der Waals surface area contributed by atoms with Crippen molar-refractivity contribution in [1.29, 1.82) is 0 Å². The van der Waals surface area contributed by atoms with Crippen molar-refractivity contribution in [3.8, 4) is 11.5 Å². The number of hydrogen-bond donors (Lipinski definition) is 1. The van der Waals surface area contributed by atoms with Gasteiger partial charge in [-0.2, -0.15) is 0 Å². The average Bonchev–Trinajstić information content (AvgIpc) is 2.57. The monoisotopic (exact) mass is 347 g/mol. The molecule has 0 radical (unpaired) electrons. The van der Waals surface area contributed by atoms with Gasteiger partial charge in [0, 0.05) is 10.6 Å². The molecular formula is C19H22ClNO3. The molecule has 1 N–H and O–H groups in total. The Balaban J connectivity index is 2.03. The van der Waals surface area contributed by atoms with Crippen molar-refractivity contribution >= 4 is 17.5 Å². The normalized spacial score (nSPS) is 13.0. The zero-order valence-electron chi connectivity index (χ0n) is 14.3. The third-order valence-corrected chi connectivity index (χ3v) is 4.01. The first-order valence-corrected chi connectivity index (χ1v) is 8.16. The van der Waals surface area contributed by atoms with E-state index in [1.807, 2.05) is 38.1 Å². The van der Waals surface area contributed by atoms with E-state index in [4.69, 9.17) is 21.1 Å². The van der Waals surface area contributed by atoms with E-state index in [9.17, 15) is 4.79 Å². The van der Waals surface area contributed by atoms with Crippen LogP contribution in [0.2, 0.25) is 5.02 Å². The summed E-state index contributed by atoms with van der Waals surface area (Å²) in [6.07, 6.45) is -0.623. The third kappa shape index (κ3) is 4.42. The molecule has 0 aliphatic rings. The molecule has 24 heavy (non-hydrogen) atoms. The van der Waals surface area contributed by atoms with E-state index in [0.29, 0.717) is 10.8 Å². The molecule has 0 aliphatic carbocycles. The molecule has 0 spiro atoms. The van der Waals surface area contributed by atoms with Gasteiger partial charge in [-0.25, -0.2) is 0 Å². The Morgan fingerprint density at radius 1 is 1.12 bits per heavy atom. The number of hydrogen-bond acceptors (Lipinski definition) is 3. The Morgan fingerprint density at radius 2 is 1.83 bits per heavy atom. The Labute approximate surface area is 147 Å². The minimum Gasteiger partial charge on any atom is -0.496 e. The standard InChI is InChI=1S/C19H22ClNO3/c1-12-11-15(20)9-10-17(12)24-14(3)19(22)21-13(2)16-7-5-6-8-18(16)23-4/h5-11,13-14H,1-4H3,(H,21,22). The fraction of sp³-hybridized carbons (Fsp3) is 0.316. The molecule has 1 amide bonds. The van der Waals surface area contributed by atoms with E-state index in [0.717, 1.165) is 16.9 Å². The minimum absolute atomic E-state index is 0.189. The third-order valence-electron chi connectivity index (χ3n) is 3.77. The van der Waals surface area contributed by atoms with Crippen molar-refractivity contribution in [2.45, 2.75) is 32.9 Å². The summed E-state index contributed by atoms with van der Waals surface area (Å²) in [5, 5.41) is 3.59. The molecule has 0 heterocycles. The number of halogens is 1. The van der Waals surface area contributed by atoms with Crippen LogP contribution in [0.4, 0.5) is 0 Å². The van der Waals surface area contributed by atoms with Crippen LogP contribution in [0.1, 0.15) is 31.0 Å². The molecule has 0 bridgehead atoms. The van der Waals surface area contributed by atoms with Crippen molar-refractivity contribution in [2.24, 2.45) is 0 Å². The first kappa shape index (κ1) is 18.1. The van der Waals surface area contributed by atoms with Gasteiger partial charge in [0.1, 0.15) is 11.5 Å². The van der Waals surface area contributed by atoms with Crippen LogP contribution >= 0.6 is 11.6 Å². The molecular weight excluding hydrogens is 326 g/mol. The summed E-state index contributed by atoms with van der Waals surface area (Å²) in [4.78, 5) is 12.4. The van der Waals surface area contributed by atoms with Crippen molar-refractivity contribution < 1.29 is 14.3 Å². The summed E-state index contributed by atoms with van der Waals surface area (Å²) in [6, 6.07) is 12.7. The highest BCUT2D eigenvalue weighted by Crippen LogP contribution is 2.25. The maximum atomic E-state index is 12.4. The lowest BCUT2D eigenvalue weighted by molar-refractivity contribution is -0.127. The average molecular weight is 348 g/mol. The minimum atomic E-state index is -0.623. The van der Waals surface area contributed by atoms with Crippen molar-refractivity contribution in [1.82, 2.24) is 5.32 Å². The summed E-state index contributed by atoms with van der Waals surface area (Å²) in [5.74, 6) is 1.20. The molecule has 2 aromatic carbocycles. The SMILES string of the molecule is COc1ccccc1C(C)NC(=O)C(C)Oc1ccc(Cl)cc1C. The maximum absolute atomic E-state index is 12.4. The summed E-state index contributed by atoms with van der Waals surface area (Å²) in [6.45, 7) is 5.53. The van der Waals surface area contributed by atoms with Crippen molar-refractivity contribution in [3.63, 3.8) is 0 Å². The van der Waals surface area contributed by atoms with E-state index in [1.165, 1.54) is 0 Å². The fourth-order valence-corrected chi connectivity index (χ4v) is 2.65. The smallest absolute Gasteiger partial charge is 0.261 e. The first-order chi connectivity index (χ1) is 11.4. The number of carbonyl (C=O) groups excluding carboxylic acids is 1. The van der Waals surface area contributed by atoms with Crippen LogP contribution in [-0.2, 0) is 4.79 Å². The predicted molar refractivity (Wildman–Crippen MR) is 95.8 cm³/mol. The van der Waals surface area contributed by atoms with Gasteiger partial charge in [-0.3, -0.25) is 4.79 Å². The molecule has 128 valence electrons. The van der Waals surface area contributed by atoms with Crippen LogP contribution in [0, 0.1) is 6.92 Å². The van der Waals surface area contributed by atoms with Gasteiger partial charge in [-0.05, 0) is 50.6 Å². The largest absolute Gasteiger partial charge is 0.496 e. The summed E-state index contributed by atoms with van der Waals surface area (Å²) in [7, 11) is 1.61. The Bertz CT molecular complexity index is 718. The first-order valence-electron chi connectivity index (χ1n) is 7.78. The Morgan fingerprint density at radius 3 is 2.50 bits per heavy atom. The highest BCUT2D eigenvalue weighted by molar-refractivity contribution is 6.30. The van der Waals surface area contributed by atoms with Gasteiger partial charge in [-0.15, -0.1) is 0 Å². The fourth-order valence-electron chi connectivity index (χ4n) is 2.42. The number of aryl methyl sites for hydroxylation is 1. The number of nitrogens with one attached hydrogen (secondary N) is 1. The zero-order valence-corrected chi connectivity index (χ0v) is 15.1. The molecule has 4 nitrogen and oxygen atoms in total. The molecule has 0 fully saturated rings. The van der Waals surface area contributed by atoms with E-state index in [2.05, 4.69) is 5.32 Å². The molecule has 2 aromatic rings. The second-order valence-corrected chi connectivity index (χ2v) is 6.08. The number of ether oxygens (including phenoxy) is 2. The second-order valence-electron chi connectivity index (χ2n) is 5.64. The van der Waals surface area contributed by atoms with Crippen LogP contribution in [0.3, 0.4) is 0 Å². The Hall–Kier alpha value is -2.20. The number of methoxy groups -OCH3 is 1. The van der Waals surface area contributed by atoms with Gasteiger partial charge >= 0.3 is 0 Å². The molecule has 0 aromatic heterocycles. The van der Waals surface area contributed by atoms with Gasteiger partial charge in [0.25, 0.3) is 5.91 Å². The number of benzene rings is 2. The van der Waals surface area contributed by atoms with E-state index in [-0.39, 0.29) is 11.9 Å². The molecule has 2 rings (SSSR count). The topological polar surface area (TPSA) is 47.6 Å². The quantitative estimate of drug-likeness (QED) is 0.847. The van der Waals surface area contributed by atoms with Crippen LogP contribution < -0.4 is 14.8 Å². The molecule has 0 saturated heterocycles. The van der Waals surface area contributed by atoms with Gasteiger partial charge in [0.2, 0.25) is 0 Å². The summed E-state index contributed by atoms with van der Waals surface area (Å²) >= 11 is 5.93. The zero-order chi connectivity index (χ0) is 17.7. The lowest BCUT2D eigenvalue weighted by Gasteiger charge is -2.21. The molecule has 2 atom stereocenters. The number of carbonyl (C=O) groups is 1.